The maximum Gasteiger partial charge on any atom is 0.239 e. The molecule has 1 aliphatic heterocycles. The molecule has 1 aliphatic rings. The van der Waals surface area contributed by atoms with Crippen molar-refractivity contribution in [2.24, 2.45) is 7.05 Å². The van der Waals surface area contributed by atoms with Crippen LogP contribution in [0, 0.1) is 0 Å². The van der Waals surface area contributed by atoms with Gasteiger partial charge in [0, 0.05) is 43.7 Å². The zero-order valence-electron chi connectivity index (χ0n) is 12.1. The molecule has 1 fully saturated rings. The Labute approximate surface area is 123 Å². The number of aromatic amines is 1. The fourth-order valence-corrected chi connectivity index (χ4v) is 2.81. The van der Waals surface area contributed by atoms with Gasteiger partial charge in [0.25, 0.3) is 0 Å². The van der Waals surface area contributed by atoms with Crippen molar-refractivity contribution < 1.29 is 4.79 Å². The second kappa shape index (κ2) is 6.09. The summed E-state index contributed by atoms with van der Waals surface area (Å²) in [7, 11) is 1.83. The van der Waals surface area contributed by atoms with Crippen molar-refractivity contribution in [3.8, 4) is 0 Å². The Balaban J connectivity index is 1.53. The maximum atomic E-state index is 12.1. The molecule has 0 aromatic carbocycles. The number of nitrogens with zero attached hydrogens (tertiary/aromatic N) is 4. The van der Waals surface area contributed by atoms with Crippen LogP contribution in [0.25, 0.3) is 0 Å². The first-order valence-electron chi connectivity index (χ1n) is 7.22. The van der Waals surface area contributed by atoms with E-state index in [4.69, 9.17) is 0 Å². The van der Waals surface area contributed by atoms with Crippen LogP contribution in [-0.4, -0.2) is 50.4 Å². The van der Waals surface area contributed by atoms with Gasteiger partial charge in [-0.25, -0.2) is 0 Å². The number of nitrogens with one attached hydrogen (secondary N) is 2. The van der Waals surface area contributed by atoms with Gasteiger partial charge in [-0.1, -0.05) is 0 Å². The Hall–Kier alpha value is -2.15. The molecule has 0 unspecified atom stereocenters. The van der Waals surface area contributed by atoms with Crippen molar-refractivity contribution in [1.29, 1.82) is 0 Å². The van der Waals surface area contributed by atoms with Gasteiger partial charge in [-0.05, 0) is 25.5 Å². The van der Waals surface area contributed by atoms with Crippen molar-refractivity contribution in [2.75, 3.05) is 25.0 Å². The van der Waals surface area contributed by atoms with Crippen molar-refractivity contribution in [2.45, 2.75) is 18.8 Å². The van der Waals surface area contributed by atoms with Gasteiger partial charge in [0.2, 0.25) is 5.91 Å². The van der Waals surface area contributed by atoms with Crippen molar-refractivity contribution in [3.63, 3.8) is 0 Å². The Bertz CT molecular complexity index is 590. The summed E-state index contributed by atoms with van der Waals surface area (Å²) in [5, 5.41) is 14.0. The molecule has 112 valence electrons. The number of carbonyl (C=O) groups is 1. The monoisotopic (exact) mass is 288 g/mol. The lowest BCUT2D eigenvalue weighted by molar-refractivity contribution is -0.117. The van der Waals surface area contributed by atoms with Crippen LogP contribution in [0.4, 0.5) is 5.82 Å². The molecule has 3 heterocycles. The summed E-state index contributed by atoms with van der Waals surface area (Å²) in [4.78, 5) is 14.2. The summed E-state index contributed by atoms with van der Waals surface area (Å²) in [6.07, 6.45) is 5.83. The topological polar surface area (TPSA) is 78.8 Å². The highest BCUT2D eigenvalue weighted by molar-refractivity contribution is 5.91. The van der Waals surface area contributed by atoms with Gasteiger partial charge in [0.15, 0.2) is 5.82 Å². The molecule has 2 N–H and O–H groups in total. The average molecular weight is 288 g/mol. The highest BCUT2D eigenvalue weighted by Crippen LogP contribution is 2.24. The maximum absolute atomic E-state index is 12.1. The number of rotatable bonds is 4. The van der Waals surface area contributed by atoms with Crippen LogP contribution in [0.1, 0.15) is 24.5 Å². The number of hydrogen-bond donors (Lipinski definition) is 2. The minimum atomic E-state index is -0.0149. The quantitative estimate of drug-likeness (QED) is 0.878. The fraction of sp³-hybridized carbons (Fsp3) is 0.500. The van der Waals surface area contributed by atoms with Crippen LogP contribution in [0.15, 0.2) is 24.5 Å². The SMILES string of the molecule is Cn1ccc(NC(=O)CN2CCC[C@@H](c3ccn[nH]3)C2)n1. The summed E-state index contributed by atoms with van der Waals surface area (Å²) < 4.78 is 1.67. The molecule has 0 radical (unpaired) electrons. The van der Waals surface area contributed by atoms with Gasteiger partial charge in [-0.15, -0.1) is 0 Å². The van der Waals surface area contributed by atoms with E-state index in [9.17, 15) is 4.79 Å². The number of hydrogen-bond acceptors (Lipinski definition) is 4. The summed E-state index contributed by atoms with van der Waals surface area (Å²) >= 11 is 0. The number of H-pyrrole nitrogens is 1. The van der Waals surface area contributed by atoms with Gasteiger partial charge in [-0.3, -0.25) is 19.5 Å². The molecular weight excluding hydrogens is 268 g/mol. The molecule has 0 saturated carbocycles. The van der Waals surface area contributed by atoms with E-state index in [1.54, 1.807) is 16.9 Å². The van der Waals surface area contributed by atoms with Crippen molar-refractivity contribution in [1.82, 2.24) is 24.9 Å². The second-order valence-corrected chi connectivity index (χ2v) is 5.51. The Morgan fingerprint density at radius 1 is 1.52 bits per heavy atom. The molecule has 0 aliphatic carbocycles. The van der Waals surface area contributed by atoms with Crippen LogP contribution in [0.3, 0.4) is 0 Å². The Morgan fingerprint density at radius 2 is 2.43 bits per heavy atom. The summed E-state index contributed by atoms with van der Waals surface area (Å²) in [5.74, 6) is 1.02. The first-order valence-corrected chi connectivity index (χ1v) is 7.22. The van der Waals surface area contributed by atoms with Gasteiger partial charge in [0.05, 0.1) is 6.54 Å². The molecule has 7 heteroatoms. The minimum absolute atomic E-state index is 0.0149. The van der Waals surface area contributed by atoms with Crippen LogP contribution >= 0.6 is 0 Å². The van der Waals surface area contributed by atoms with E-state index in [2.05, 4.69) is 25.5 Å². The largest absolute Gasteiger partial charge is 0.308 e. The number of carbonyl (C=O) groups excluding carboxylic acids is 1. The summed E-state index contributed by atoms with van der Waals surface area (Å²) in [6, 6.07) is 3.81. The smallest absolute Gasteiger partial charge is 0.239 e. The molecule has 21 heavy (non-hydrogen) atoms. The van der Waals surface area contributed by atoms with E-state index >= 15 is 0 Å². The molecule has 0 bridgehead atoms. The average Bonchev–Trinajstić information content (AvgIpc) is 3.11. The third-order valence-electron chi connectivity index (χ3n) is 3.82. The normalized spacial score (nSPS) is 19.6. The molecule has 2 aromatic rings. The minimum Gasteiger partial charge on any atom is -0.308 e. The highest BCUT2D eigenvalue weighted by Gasteiger charge is 2.23. The number of aryl methyl sites for hydroxylation is 1. The second-order valence-electron chi connectivity index (χ2n) is 5.51. The van der Waals surface area contributed by atoms with E-state index < -0.39 is 0 Å². The van der Waals surface area contributed by atoms with Crippen LogP contribution in [0.2, 0.25) is 0 Å². The molecule has 1 atom stereocenters. The number of amides is 1. The summed E-state index contributed by atoms with van der Waals surface area (Å²) in [5.41, 5.74) is 1.16. The summed E-state index contributed by atoms with van der Waals surface area (Å²) in [6.45, 7) is 2.25. The van der Waals surface area contributed by atoms with E-state index in [1.165, 1.54) is 0 Å². The first kappa shape index (κ1) is 13.8. The van der Waals surface area contributed by atoms with Gasteiger partial charge >= 0.3 is 0 Å². The number of aromatic nitrogens is 4. The zero-order chi connectivity index (χ0) is 14.7. The molecular formula is C14H20N6O. The fourth-order valence-electron chi connectivity index (χ4n) is 2.81. The lowest BCUT2D eigenvalue weighted by Gasteiger charge is -2.31. The Morgan fingerprint density at radius 3 is 3.14 bits per heavy atom. The molecule has 3 rings (SSSR count). The van der Waals surface area contributed by atoms with Crippen LogP contribution in [0.5, 0.6) is 0 Å². The third-order valence-corrected chi connectivity index (χ3v) is 3.82. The van der Waals surface area contributed by atoms with E-state index in [-0.39, 0.29) is 5.91 Å². The van der Waals surface area contributed by atoms with Crippen molar-refractivity contribution >= 4 is 11.7 Å². The standard InChI is InChI=1S/C14H20N6O/c1-19-8-5-13(18-19)16-14(21)10-20-7-2-3-11(9-20)12-4-6-15-17-12/h4-6,8,11H,2-3,7,9-10H2,1H3,(H,15,17)(H,16,18,21)/t11-/m1/s1. The first-order chi connectivity index (χ1) is 10.2. The number of anilines is 1. The van der Waals surface area contributed by atoms with Crippen LogP contribution in [-0.2, 0) is 11.8 Å². The van der Waals surface area contributed by atoms with Crippen molar-refractivity contribution in [3.05, 3.63) is 30.2 Å². The zero-order valence-corrected chi connectivity index (χ0v) is 12.1. The van der Waals surface area contributed by atoms with E-state index in [1.807, 2.05) is 19.3 Å². The predicted octanol–water partition coefficient (Wildman–Crippen LogP) is 0.961. The van der Waals surface area contributed by atoms with Gasteiger partial charge in [0.1, 0.15) is 0 Å². The van der Waals surface area contributed by atoms with Gasteiger partial charge in [-0.2, -0.15) is 10.2 Å². The van der Waals surface area contributed by atoms with E-state index in [0.29, 0.717) is 18.3 Å². The Kier molecular flexibility index (Phi) is 4.01. The molecule has 1 amide bonds. The number of piperidine rings is 1. The third kappa shape index (κ3) is 3.49. The van der Waals surface area contributed by atoms with Crippen LogP contribution < -0.4 is 5.32 Å². The van der Waals surface area contributed by atoms with Gasteiger partial charge < -0.3 is 5.32 Å². The molecule has 1 saturated heterocycles. The lowest BCUT2D eigenvalue weighted by Crippen LogP contribution is -2.39. The lowest BCUT2D eigenvalue weighted by atomic mass is 9.95. The number of likely N-dealkylation sites (tertiary alicyclic amines) is 1. The predicted molar refractivity (Wildman–Crippen MR) is 78.8 cm³/mol. The van der Waals surface area contributed by atoms with E-state index in [0.717, 1.165) is 31.6 Å². The molecule has 2 aromatic heterocycles. The highest BCUT2D eigenvalue weighted by atomic mass is 16.2. The molecule has 0 spiro atoms. The molecule has 7 nitrogen and oxygen atoms in total.